The molecular formula is C18H25F2NO3. The molecule has 1 unspecified atom stereocenters. The van der Waals surface area contributed by atoms with E-state index in [1.54, 1.807) is 0 Å². The highest BCUT2D eigenvalue weighted by Crippen LogP contribution is 2.12. The second-order valence-electron chi connectivity index (χ2n) is 6.58. The van der Waals surface area contributed by atoms with Gasteiger partial charge in [-0.05, 0) is 30.0 Å². The first-order chi connectivity index (χ1) is 11.4. The van der Waals surface area contributed by atoms with Crippen LogP contribution in [0.1, 0.15) is 25.8 Å². The van der Waals surface area contributed by atoms with Crippen LogP contribution in [-0.2, 0) is 20.7 Å². The zero-order chi connectivity index (χ0) is 17.5. The molecule has 1 atom stereocenters. The van der Waals surface area contributed by atoms with Gasteiger partial charge in [0.15, 0.2) is 11.6 Å². The van der Waals surface area contributed by atoms with Crippen LogP contribution in [0.4, 0.5) is 8.78 Å². The Kier molecular flexibility index (Phi) is 7.12. The number of ether oxygens (including phenoxy) is 2. The molecular weight excluding hydrogens is 316 g/mol. The summed E-state index contributed by atoms with van der Waals surface area (Å²) in [6.07, 6.45) is 0.346. The Morgan fingerprint density at radius 2 is 2.17 bits per heavy atom. The van der Waals surface area contributed by atoms with E-state index in [0.29, 0.717) is 24.5 Å². The Labute approximate surface area is 141 Å². The molecule has 24 heavy (non-hydrogen) atoms. The predicted octanol–water partition coefficient (Wildman–Crippen LogP) is 2.80. The van der Waals surface area contributed by atoms with E-state index in [1.165, 1.54) is 6.07 Å². The number of hydrogen-bond acceptors (Lipinski definition) is 4. The van der Waals surface area contributed by atoms with Crippen molar-refractivity contribution < 1.29 is 23.0 Å². The molecule has 134 valence electrons. The number of benzene rings is 1. The summed E-state index contributed by atoms with van der Waals surface area (Å²) in [7, 11) is 0. The summed E-state index contributed by atoms with van der Waals surface area (Å²) < 4.78 is 36.8. The highest BCUT2D eigenvalue weighted by molar-refractivity contribution is 5.69. The largest absolute Gasteiger partial charge is 0.463 e. The SMILES string of the molecule is CC(C)CN1CCOC(COC(=O)CCc2ccc(F)c(F)c2)C1. The molecule has 0 spiro atoms. The minimum absolute atomic E-state index is 0.107. The van der Waals surface area contributed by atoms with Crippen LogP contribution in [-0.4, -0.2) is 49.8 Å². The number of carbonyl (C=O) groups excluding carboxylic acids is 1. The maximum atomic E-state index is 13.1. The lowest BCUT2D eigenvalue weighted by molar-refractivity contribution is -0.150. The van der Waals surface area contributed by atoms with Gasteiger partial charge in [-0.2, -0.15) is 0 Å². The van der Waals surface area contributed by atoms with E-state index in [4.69, 9.17) is 9.47 Å². The minimum atomic E-state index is -0.901. The molecule has 1 saturated heterocycles. The van der Waals surface area contributed by atoms with Crippen molar-refractivity contribution in [3.05, 3.63) is 35.4 Å². The molecule has 1 heterocycles. The summed E-state index contributed by atoms with van der Waals surface area (Å²) in [5.74, 6) is -1.56. The fraction of sp³-hybridized carbons (Fsp3) is 0.611. The summed E-state index contributed by atoms with van der Waals surface area (Å²) in [4.78, 5) is 14.1. The maximum absolute atomic E-state index is 13.1. The van der Waals surface area contributed by atoms with Crippen molar-refractivity contribution in [1.29, 1.82) is 0 Å². The summed E-state index contributed by atoms with van der Waals surface area (Å²) in [5, 5.41) is 0. The first-order valence-corrected chi connectivity index (χ1v) is 8.37. The molecule has 1 aromatic carbocycles. The average molecular weight is 341 g/mol. The standard InChI is InChI=1S/C18H25F2NO3/c1-13(2)10-21-7-8-23-15(11-21)12-24-18(22)6-4-14-3-5-16(19)17(20)9-14/h3,5,9,13,15H,4,6-8,10-12H2,1-2H3. The zero-order valence-corrected chi connectivity index (χ0v) is 14.3. The number of esters is 1. The van der Waals surface area contributed by atoms with Crippen LogP contribution in [0.25, 0.3) is 0 Å². The van der Waals surface area contributed by atoms with E-state index in [-0.39, 0.29) is 25.1 Å². The van der Waals surface area contributed by atoms with Crippen molar-refractivity contribution in [2.75, 3.05) is 32.8 Å². The monoisotopic (exact) mass is 341 g/mol. The molecule has 0 aromatic heterocycles. The lowest BCUT2D eigenvalue weighted by Gasteiger charge is -2.33. The second kappa shape index (κ2) is 9.08. The van der Waals surface area contributed by atoms with Crippen molar-refractivity contribution in [2.45, 2.75) is 32.8 Å². The van der Waals surface area contributed by atoms with Crippen molar-refractivity contribution in [2.24, 2.45) is 5.92 Å². The summed E-state index contributed by atoms with van der Waals surface area (Å²) >= 11 is 0. The van der Waals surface area contributed by atoms with Crippen LogP contribution < -0.4 is 0 Å². The summed E-state index contributed by atoms with van der Waals surface area (Å²) in [6.45, 7) is 7.87. The van der Waals surface area contributed by atoms with Gasteiger partial charge in [0.25, 0.3) is 0 Å². The molecule has 0 bridgehead atoms. The lowest BCUT2D eigenvalue weighted by Crippen LogP contribution is -2.45. The van der Waals surface area contributed by atoms with Gasteiger partial charge >= 0.3 is 5.97 Å². The van der Waals surface area contributed by atoms with E-state index in [9.17, 15) is 13.6 Å². The van der Waals surface area contributed by atoms with Gasteiger partial charge in [-0.3, -0.25) is 9.69 Å². The normalized spacial score (nSPS) is 18.8. The van der Waals surface area contributed by atoms with Crippen molar-refractivity contribution in [3.8, 4) is 0 Å². The topological polar surface area (TPSA) is 38.8 Å². The van der Waals surface area contributed by atoms with Crippen LogP contribution in [0.3, 0.4) is 0 Å². The van der Waals surface area contributed by atoms with Crippen LogP contribution >= 0.6 is 0 Å². The van der Waals surface area contributed by atoms with Crippen molar-refractivity contribution in [3.63, 3.8) is 0 Å². The molecule has 0 N–H and O–H groups in total. The second-order valence-corrected chi connectivity index (χ2v) is 6.58. The van der Waals surface area contributed by atoms with Gasteiger partial charge in [0.05, 0.1) is 6.61 Å². The van der Waals surface area contributed by atoms with Gasteiger partial charge in [0.1, 0.15) is 12.7 Å². The van der Waals surface area contributed by atoms with Crippen molar-refractivity contribution >= 4 is 5.97 Å². The number of halogens is 2. The molecule has 6 heteroatoms. The molecule has 1 aliphatic heterocycles. The van der Waals surface area contributed by atoms with Gasteiger partial charge in [-0.15, -0.1) is 0 Å². The third-order valence-electron chi connectivity index (χ3n) is 3.88. The Morgan fingerprint density at radius 3 is 2.88 bits per heavy atom. The van der Waals surface area contributed by atoms with Crippen LogP contribution in [0.2, 0.25) is 0 Å². The first-order valence-electron chi connectivity index (χ1n) is 8.37. The average Bonchev–Trinajstić information content (AvgIpc) is 2.54. The molecule has 1 aliphatic rings. The van der Waals surface area contributed by atoms with Gasteiger partial charge in [-0.1, -0.05) is 19.9 Å². The summed E-state index contributed by atoms with van der Waals surface area (Å²) in [6, 6.07) is 3.64. The number of aryl methyl sites for hydroxylation is 1. The molecule has 1 fully saturated rings. The molecule has 2 rings (SSSR count). The van der Waals surface area contributed by atoms with Gasteiger partial charge in [0, 0.05) is 26.1 Å². The number of nitrogens with zero attached hydrogens (tertiary/aromatic N) is 1. The quantitative estimate of drug-likeness (QED) is 0.715. The number of hydrogen-bond donors (Lipinski definition) is 0. The predicted molar refractivity (Wildman–Crippen MR) is 86.7 cm³/mol. The molecule has 4 nitrogen and oxygen atoms in total. The third kappa shape index (κ3) is 6.17. The highest BCUT2D eigenvalue weighted by atomic mass is 19.2. The van der Waals surface area contributed by atoms with E-state index in [1.807, 2.05) is 0 Å². The van der Waals surface area contributed by atoms with Crippen molar-refractivity contribution in [1.82, 2.24) is 4.90 Å². The van der Waals surface area contributed by atoms with E-state index in [2.05, 4.69) is 18.7 Å². The number of morpholine rings is 1. The smallest absolute Gasteiger partial charge is 0.306 e. The number of rotatable bonds is 7. The van der Waals surface area contributed by atoms with E-state index < -0.39 is 11.6 Å². The Bertz CT molecular complexity index is 551. The minimum Gasteiger partial charge on any atom is -0.463 e. The summed E-state index contributed by atoms with van der Waals surface area (Å²) in [5.41, 5.74) is 0.572. The first kappa shape index (κ1) is 18.8. The van der Waals surface area contributed by atoms with E-state index in [0.717, 1.165) is 31.8 Å². The molecule has 0 saturated carbocycles. The molecule has 0 amide bonds. The lowest BCUT2D eigenvalue weighted by atomic mass is 10.1. The van der Waals surface area contributed by atoms with E-state index >= 15 is 0 Å². The Morgan fingerprint density at radius 1 is 1.38 bits per heavy atom. The fourth-order valence-corrected chi connectivity index (χ4v) is 2.76. The highest BCUT2D eigenvalue weighted by Gasteiger charge is 2.22. The van der Waals surface area contributed by atoms with Crippen LogP contribution in [0.5, 0.6) is 0 Å². The van der Waals surface area contributed by atoms with Gasteiger partial charge in [-0.25, -0.2) is 8.78 Å². The van der Waals surface area contributed by atoms with Crippen LogP contribution in [0.15, 0.2) is 18.2 Å². The van der Waals surface area contributed by atoms with Gasteiger partial charge in [0.2, 0.25) is 0 Å². The number of carbonyl (C=O) groups is 1. The Balaban J connectivity index is 1.69. The fourth-order valence-electron chi connectivity index (χ4n) is 2.76. The maximum Gasteiger partial charge on any atom is 0.306 e. The van der Waals surface area contributed by atoms with Gasteiger partial charge < -0.3 is 9.47 Å². The molecule has 0 radical (unpaired) electrons. The zero-order valence-electron chi connectivity index (χ0n) is 14.3. The third-order valence-corrected chi connectivity index (χ3v) is 3.88. The Hall–Kier alpha value is -1.53. The molecule has 1 aromatic rings. The van der Waals surface area contributed by atoms with Crippen LogP contribution in [0, 0.1) is 17.6 Å². The molecule has 0 aliphatic carbocycles.